The highest BCUT2D eigenvalue weighted by molar-refractivity contribution is 6.30. The molecule has 0 saturated heterocycles. The van der Waals surface area contributed by atoms with E-state index in [1.807, 2.05) is 30.3 Å². The molecule has 1 heterocycles. The third kappa shape index (κ3) is 2.55. The SMILES string of the molecule is NC(c1ccccc1)c1cncn1-c1cccc(Cl)c1F. The molecule has 0 fully saturated rings. The van der Waals surface area contributed by atoms with Crippen LogP contribution >= 0.6 is 11.6 Å². The Morgan fingerprint density at radius 3 is 2.62 bits per heavy atom. The Bertz CT molecular complexity index is 755. The minimum absolute atomic E-state index is 0.0698. The van der Waals surface area contributed by atoms with Gasteiger partial charge in [0.1, 0.15) is 0 Å². The fourth-order valence-corrected chi connectivity index (χ4v) is 2.42. The summed E-state index contributed by atoms with van der Waals surface area (Å²) in [7, 11) is 0. The van der Waals surface area contributed by atoms with E-state index >= 15 is 0 Å². The van der Waals surface area contributed by atoms with Crippen LogP contribution in [0.25, 0.3) is 5.69 Å². The average molecular weight is 302 g/mol. The Labute approximate surface area is 126 Å². The van der Waals surface area contributed by atoms with E-state index in [4.69, 9.17) is 17.3 Å². The fraction of sp³-hybridized carbons (Fsp3) is 0.0625. The van der Waals surface area contributed by atoms with E-state index in [-0.39, 0.29) is 5.02 Å². The van der Waals surface area contributed by atoms with Gasteiger partial charge in [-0.3, -0.25) is 4.57 Å². The molecule has 3 nitrogen and oxygen atoms in total. The zero-order valence-electron chi connectivity index (χ0n) is 11.1. The first-order valence-electron chi connectivity index (χ1n) is 6.45. The van der Waals surface area contributed by atoms with Crippen molar-refractivity contribution in [1.82, 2.24) is 9.55 Å². The van der Waals surface area contributed by atoms with E-state index in [9.17, 15) is 4.39 Å². The van der Waals surface area contributed by atoms with E-state index in [0.717, 1.165) is 5.56 Å². The molecule has 0 spiro atoms. The van der Waals surface area contributed by atoms with E-state index < -0.39 is 11.9 Å². The molecule has 1 atom stereocenters. The number of imidazole rings is 1. The third-order valence-electron chi connectivity index (χ3n) is 3.34. The summed E-state index contributed by atoms with van der Waals surface area (Å²) >= 11 is 5.84. The van der Waals surface area contributed by atoms with Gasteiger partial charge in [-0.25, -0.2) is 9.37 Å². The van der Waals surface area contributed by atoms with Gasteiger partial charge in [-0.05, 0) is 17.7 Å². The van der Waals surface area contributed by atoms with Crippen LogP contribution in [0.15, 0.2) is 61.1 Å². The van der Waals surface area contributed by atoms with Crippen LogP contribution in [0.5, 0.6) is 0 Å². The number of nitrogens with two attached hydrogens (primary N) is 1. The van der Waals surface area contributed by atoms with Crippen LogP contribution in [0, 0.1) is 5.82 Å². The maximum absolute atomic E-state index is 14.2. The van der Waals surface area contributed by atoms with Crippen molar-refractivity contribution in [2.75, 3.05) is 0 Å². The molecule has 2 aromatic carbocycles. The summed E-state index contributed by atoms with van der Waals surface area (Å²) in [6, 6.07) is 14.0. The van der Waals surface area contributed by atoms with Crippen molar-refractivity contribution >= 4 is 11.6 Å². The minimum Gasteiger partial charge on any atom is -0.319 e. The van der Waals surface area contributed by atoms with Gasteiger partial charge in [0.15, 0.2) is 5.82 Å². The van der Waals surface area contributed by atoms with Crippen LogP contribution < -0.4 is 5.73 Å². The van der Waals surface area contributed by atoms with Crippen molar-refractivity contribution in [2.24, 2.45) is 5.73 Å². The Morgan fingerprint density at radius 2 is 1.86 bits per heavy atom. The second kappa shape index (κ2) is 5.68. The van der Waals surface area contributed by atoms with E-state index in [1.54, 1.807) is 22.9 Å². The molecule has 3 rings (SSSR count). The number of rotatable bonds is 3. The van der Waals surface area contributed by atoms with Crippen molar-refractivity contribution in [3.05, 3.63) is 83.2 Å². The van der Waals surface area contributed by atoms with Gasteiger partial charge >= 0.3 is 0 Å². The van der Waals surface area contributed by atoms with Gasteiger partial charge in [0, 0.05) is 0 Å². The Kier molecular flexibility index (Phi) is 3.73. The summed E-state index contributed by atoms with van der Waals surface area (Å²) in [5.41, 5.74) is 8.23. The number of benzene rings is 2. The normalized spacial score (nSPS) is 12.3. The maximum Gasteiger partial charge on any atom is 0.165 e. The second-order valence-corrected chi connectivity index (χ2v) is 5.06. The summed E-state index contributed by atoms with van der Waals surface area (Å²) in [5, 5.41) is 0.0698. The zero-order valence-corrected chi connectivity index (χ0v) is 11.8. The monoisotopic (exact) mass is 301 g/mol. The Hall–Kier alpha value is -2.17. The molecular formula is C16H13ClFN3. The van der Waals surface area contributed by atoms with Crippen LogP contribution in [0.4, 0.5) is 4.39 Å². The highest BCUT2D eigenvalue weighted by Crippen LogP contribution is 2.26. The number of nitrogens with zero attached hydrogens (tertiary/aromatic N) is 2. The van der Waals surface area contributed by atoms with Crippen molar-refractivity contribution < 1.29 is 4.39 Å². The van der Waals surface area contributed by atoms with Crippen molar-refractivity contribution in [3.63, 3.8) is 0 Å². The number of hydrogen-bond acceptors (Lipinski definition) is 2. The summed E-state index contributed by atoms with van der Waals surface area (Å²) < 4.78 is 15.8. The lowest BCUT2D eigenvalue weighted by molar-refractivity contribution is 0.614. The molecule has 1 aromatic heterocycles. The first-order chi connectivity index (χ1) is 10.2. The lowest BCUT2D eigenvalue weighted by Gasteiger charge is -2.16. The van der Waals surface area contributed by atoms with Gasteiger partial charge in [-0.15, -0.1) is 0 Å². The molecule has 0 aliphatic carbocycles. The Balaban J connectivity index is 2.08. The van der Waals surface area contributed by atoms with Crippen molar-refractivity contribution in [3.8, 4) is 5.69 Å². The smallest absolute Gasteiger partial charge is 0.165 e. The third-order valence-corrected chi connectivity index (χ3v) is 3.63. The topological polar surface area (TPSA) is 43.8 Å². The van der Waals surface area contributed by atoms with Gasteiger partial charge in [0.25, 0.3) is 0 Å². The van der Waals surface area contributed by atoms with Gasteiger partial charge in [-0.2, -0.15) is 0 Å². The molecule has 106 valence electrons. The molecule has 3 aromatic rings. The predicted octanol–water partition coefficient (Wildman–Crippen LogP) is 3.71. The number of halogens is 2. The summed E-state index contributed by atoms with van der Waals surface area (Å²) in [5.74, 6) is -0.487. The lowest BCUT2D eigenvalue weighted by Crippen LogP contribution is -2.16. The fourth-order valence-electron chi connectivity index (χ4n) is 2.25. The molecule has 0 saturated carbocycles. The molecular weight excluding hydrogens is 289 g/mol. The van der Waals surface area contributed by atoms with Crippen LogP contribution in [-0.2, 0) is 0 Å². The average Bonchev–Trinajstić information content (AvgIpc) is 2.99. The maximum atomic E-state index is 14.2. The molecule has 0 aliphatic heterocycles. The molecule has 1 unspecified atom stereocenters. The second-order valence-electron chi connectivity index (χ2n) is 4.65. The molecule has 5 heteroatoms. The number of aromatic nitrogens is 2. The molecule has 2 N–H and O–H groups in total. The standard InChI is InChI=1S/C16H13ClFN3/c17-12-7-4-8-13(15(12)18)21-10-20-9-14(21)16(19)11-5-2-1-3-6-11/h1-10,16H,19H2. The zero-order chi connectivity index (χ0) is 14.8. The molecule has 0 radical (unpaired) electrons. The van der Waals surface area contributed by atoms with E-state index in [2.05, 4.69) is 4.98 Å². The largest absolute Gasteiger partial charge is 0.319 e. The Morgan fingerprint density at radius 1 is 1.10 bits per heavy atom. The predicted molar refractivity (Wildman–Crippen MR) is 81.0 cm³/mol. The molecule has 21 heavy (non-hydrogen) atoms. The molecule has 0 bridgehead atoms. The van der Waals surface area contributed by atoms with Gasteiger partial charge in [-0.1, -0.05) is 48.0 Å². The van der Waals surface area contributed by atoms with Crippen molar-refractivity contribution in [2.45, 2.75) is 6.04 Å². The molecule has 0 amide bonds. The van der Waals surface area contributed by atoms with Crippen LogP contribution in [0.3, 0.4) is 0 Å². The summed E-state index contributed by atoms with van der Waals surface area (Å²) in [6.45, 7) is 0. The lowest BCUT2D eigenvalue weighted by atomic mass is 10.1. The van der Waals surface area contributed by atoms with Gasteiger partial charge in [0.2, 0.25) is 0 Å². The van der Waals surface area contributed by atoms with Crippen LogP contribution in [0.1, 0.15) is 17.3 Å². The summed E-state index contributed by atoms with van der Waals surface area (Å²) in [4.78, 5) is 4.09. The van der Waals surface area contributed by atoms with Crippen LogP contribution in [-0.4, -0.2) is 9.55 Å². The quantitative estimate of drug-likeness (QED) is 0.801. The number of hydrogen-bond donors (Lipinski definition) is 1. The van der Waals surface area contributed by atoms with Crippen LogP contribution in [0.2, 0.25) is 5.02 Å². The highest BCUT2D eigenvalue weighted by atomic mass is 35.5. The van der Waals surface area contributed by atoms with Gasteiger partial charge in [0.05, 0.1) is 35.0 Å². The highest BCUT2D eigenvalue weighted by Gasteiger charge is 2.17. The van der Waals surface area contributed by atoms with E-state index in [0.29, 0.717) is 11.4 Å². The van der Waals surface area contributed by atoms with Gasteiger partial charge < -0.3 is 5.73 Å². The first-order valence-corrected chi connectivity index (χ1v) is 6.83. The molecule has 0 aliphatic rings. The summed E-state index contributed by atoms with van der Waals surface area (Å²) in [6.07, 6.45) is 3.17. The van der Waals surface area contributed by atoms with Crippen molar-refractivity contribution in [1.29, 1.82) is 0 Å². The first kappa shape index (κ1) is 13.8. The van der Waals surface area contributed by atoms with E-state index in [1.165, 1.54) is 12.4 Å². The minimum atomic E-state index is -0.487.